The van der Waals surface area contributed by atoms with E-state index in [9.17, 15) is 4.79 Å². The molecule has 0 saturated heterocycles. The van der Waals surface area contributed by atoms with E-state index in [0.29, 0.717) is 0 Å². The number of halogens is 1. The molecule has 1 heterocycles. The van der Waals surface area contributed by atoms with E-state index >= 15 is 0 Å². The van der Waals surface area contributed by atoms with E-state index in [4.69, 9.17) is 0 Å². The van der Waals surface area contributed by atoms with Crippen molar-refractivity contribution in [3.05, 3.63) is 20.8 Å². The Bertz CT molecular complexity index is 300. The molecule has 1 rings (SSSR count). The van der Waals surface area contributed by atoms with Crippen molar-refractivity contribution in [3.8, 4) is 0 Å². The Morgan fingerprint density at radius 1 is 1.69 bits per heavy atom. The lowest BCUT2D eigenvalue weighted by molar-refractivity contribution is 0.167. The summed E-state index contributed by atoms with van der Waals surface area (Å²) in [6.45, 7) is 1.91. The van der Waals surface area contributed by atoms with Crippen molar-refractivity contribution >= 4 is 33.4 Å². The summed E-state index contributed by atoms with van der Waals surface area (Å²) in [4.78, 5) is 12.0. The topological polar surface area (TPSA) is 38.3 Å². The van der Waals surface area contributed by atoms with Gasteiger partial charge in [-0.3, -0.25) is 0 Å². The quantitative estimate of drug-likeness (QED) is 0.891. The highest BCUT2D eigenvalue weighted by molar-refractivity contribution is 9.11. The molecular formula is C8H10BrNO2S. The van der Waals surface area contributed by atoms with Gasteiger partial charge in [0, 0.05) is 4.88 Å². The maximum atomic E-state index is 10.9. The zero-order valence-electron chi connectivity index (χ0n) is 7.33. The maximum absolute atomic E-state index is 10.9. The van der Waals surface area contributed by atoms with Crippen LogP contribution in [-0.2, 0) is 4.74 Å². The first-order valence-corrected chi connectivity index (χ1v) is 5.34. The first kappa shape index (κ1) is 10.5. The lowest BCUT2D eigenvalue weighted by atomic mass is 10.3. The Kier molecular flexibility index (Phi) is 3.74. The Morgan fingerprint density at radius 2 is 2.38 bits per heavy atom. The zero-order chi connectivity index (χ0) is 9.84. The van der Waals surface area contributed by atoms with Crippen LogP contribution in [0.15, 0.2) is 15.9 Å². The molecule has 0 aliphatic rings. The van der Waals surface area contributed by atoms with Gasteiger partial charge in [-0.2, -0.15) is 0 Å². The number of amides is 1. The Hall–Kier alpha value is -0.550. The van der Waals surface area contributed by atoms with Crippen molar-refractivity contribution in [2.45, 2.75) is 13.0 Å². The molecule has 1 amide bonds. The molecule has 13 heavy (non-hydrogen) atoms. The van der Waals surface area contributed by atoms with E-state index in [0.717, 1.165) is 8.66 Å². The predicted octanol–water partition coefficient (Wildman–Crippen LogP) is 2.93. The summed E-state index contributed by atoms with van der Waals surface area (Å²) in [5.41, 5.74) is 0. The number of alkyl carbamates (subject to hydrolysis) is 1. The van der Waals surface area contributed by atoms with Gasteiger partial charge in [0.2, 0.25) is 0 Å². The third-order valence-electron chi connectivity index (χ3n) is 1.54. The molecule has 0 saturated carbocycles. The number of nitrogens with one attached hydrogen (secondary N) is 1. The van der Waals surface area contributed by atoms with E-state index in [2.05, 4.69) is 26.0 Å². The molecule has 1 aromatic heterocycles. The minimum atomic E-state index is -0.406. The molecule has 0 aliphatic carbocycles. The molecule has 0 radical (unpaired) electrons. The van der Waals surface area contributed by atoms with Crippen LogP contribution in [0.25, 0.3) is 0 Å². The highest BCUT2D eigenvalue weighted by Gasteiger charge is 2.10. The Morgan fingerprint density at radius 3 is 2.85 bits per heavy atom. The van der Waals surface area contributed by atoms with Crippen molar-refractivity contribution in [1.82, 2.24) is 5.32 Å². The Labute approximate surface area is 89.2 Å². The monoisotopic (exact) mass is 263 g/mol. The molecule has 3 nitrogen and oxygen atoms in total. The average molecular weight is 264 g/mol. The SMILES string of the molecule is COC(=O)N[C@@H](C)c1ccc(Br)s1. The lowest BCUT2D eigenvalue weighted by Gasteiger charge is -2.10. The third-order valence-corrected chi connectivity index (χ3v) is 3.35. The Balaban J connectivity index is 2.58. The molecule has 0 spiro atoms. The van der Waals surface area contributed by atoms with Gasteiger partial charge in [-0.05, 0) is 35.0 Å². The van der Waals surface area contributed by atoms with E-state index in [1.165, 1.54) is 7.11 Å². The number of methoxy groups -OCH3 is 1. The summed E-state index contributed by atoms with van der Waals surface area (Å²) in [6, 6.07) is 3.91. The van der Waals surface area contributed by atoms with Crippen molar-refractivity contribution < 1.29 is 9.53 Å². The van der Waals surface area contributed by atoms with Gasteiger partial charge in [-0.25, -0.2) is 4.79 Å². The van der Waals surface area contributed by atoms with Gasteiger partial charge < -0.3 is 10.1 Å². The number of thiophene rings is 1. The standard InChI is InChI=1S/C8H10BrNO2S/c1-5(10-8(11)12-2)6-3-4-7(9)13-6/h3-5H,1-2H3,(H,10,11)/t5-/m0/s1. The summed E-state index contributed by atoms with van der Waals surface area (Å²) in [7, 11) is 1.35. The molecule has 0 bridgehead atoms. The van der Waals surface area contributed by atoms with Crippen LogP contribution in [0, 0.1) is 0 Å². The molecule has 1 N–H and O–H groups in total. The van der Waals surface area contributed by atoms with E-state index in [1.54, 1.807) is 11.3 Å². The minimum absolute atomic E-state index is 0.0104. The molecule has 1 atom stereocenters. The van der Waals surface area contributed by atoms with Crippen LogP contribution in [0.1, 0.15) is 17.8 Å². The van der Waals surface area contributed by atoms with Crippen LogP contribution < -0.4 is 5.32 Å². The summed E-state index contributed by atoms with van der Waals surface area (Å²) in [6.07, 6.45) is -0.406. The number of carbonyl (C=O) groups excluding carboxylic acids is 1. The van der Waals surface area contributed by atoms with Crippen molar-refractivity contribution in [2.75, 3.05) is 7.11 Å². The highest BCUT2D eigenvalue weighted by atomic mass is 79.9. The van der Waals surface area contributed by atoms with Gasteiger partial charge in [0.15, 0.2) is 0 Å². The fourth-order valence-corrected chi connectivity index (χ4v) is 2.29. The summed E-state index contributed by atoms with van der Waals surface area (Å²) in [5, 5.41) is 2.69. The predicted molar refractivity (Wildman–Crippen MR) is 56.0 cm³/mol. The van der Waals surface area contributed by atoms with Gasteiger partial charge >= 0.3 is 6.09 Å². The van der Waals surface area contributed by atoms with E-state index < -0.39 is 6.09 Å². The van der Waals surface area contributed by atoms with Gasteiger partial charge in [0.25, 0.3) is 0 Å². The maximum Gasteiger partial charge on any atom is 0.407 e. The van der Waals surface area contributed by atoms with Crippen LogP contribution in [0.4, 0.5) is 4.79 Å². The molecule has 0 unspecified atom stereocenters. The normalized spacial score (nSPS) is 12.2. The van der Waals surface area contributed by atoms with Crippen LogP contribution in [-0.4, -0.2) is 13.2 Å². The van der Waals surface area contributed by atoms with Gasteiger partial charge in [0.05, 0.1) is 16.9 Å². The van der Waals surface area contributed by atoms with Crippen molar-refractivity contribution in [2.24, 2.45) is 0 Å². The van der Waals surface area contributed by atoms with Crippen LogP contribution in [0.5, 0.6) is 0 Å². The number of hydrogen-bond donors (Lipinski definition) is 1. The fourth-order valence-electron chi connectivity index (χ4n) is 0.868. The number of rotatable bonds is 2. The second-order valence-electron chi connectivity index (χ2n) is 2.50. The molecule has 0 aliphatic heterocycles. The smallest absolute Gasteiger partial charge is 0.407 e. The third kappa shape index (κ3) is 3.00. The van der Waals surface area contributed by atoms with Gasteiger partial charge in [0.1, 0.15) is 0 Å². The largest absolute Gasteiger partial charge is 0.453 e. The zero-order valence-corrected chi connectivity index (χ0v) is 9.74. The molecule has 1 aromatic rings. The summed E-state index contributed by atoms with van der Waals surface area (Å²) in [5.74, 6) is 0. The van der Waals surface area contributed by atoms with Crippen LogP contribution in [0.3, 0.4) is 0 Å². The van der Waals surface area contributed by atoms with Gasteiger partial charge in [-0.1, -0.05) is 0 Å². The minimum Gasteiger partial charge on any atom is -0.453 e. The number of hydrogen-bond acceptors (Lipinski definition) is 3. The van der Waals surface area contributed by atoms with Crippen LogP contribution in [0.2, 0.25) is 0 Å². The molecular weight excluding hydrogens is 254 g/mol. The number of carbonyl (C=O) groups is 1. The van der Waals surface area contributed by atoms with E-state index in [1.807, 2.05) is 19.1 Å². The first-order valence-electron chi connectivity index (χ1n) is 3.73. The lowest BCUT2D eigenvalue weighted by Crippen LogP contribution is -2.25. The molecule has 0 aromatic carbocycles. The molecule has 5 heteroatoms. The number of ether oxygens (including phenoxy) is 1. The van der Waals surface area contributed by atoms with Crippen molar-refractivity contribution in [1.29, 1.82) is 0 Å². The second-order valence-corrected chi connectivity index (χ2v) is 4.99. The van der Waals surface area contributed by atoms with E-state index in [-0.39, 0.29) is 6.04 Å². The summed E-state index contributed by atoms with van der Waals surface area (Å²) >= 11 is 4.95. The second kappa shape index (κ2) is 4.62. The van der Waals surface area contributed by atoms with Crippen molar-refractivity contribution in [3.63, 3.8) is 0 Å². The average Bonchev–Trinajstić information content (AvgIpc) is 2.51. The highest BCUT2D eigenvalue weighted by Crippen LogP contribution is 2.26. The molecule has 0 fully saturated rings. The van der Waals surface area contributed by atoms with Gasteiger partial charge in [-0.15, -0.1) is 11.3 Å². The summed E-state index contributed by atoms with van der Waals surface area (Å²) < 4.78 is 5.55. The van der Waals surface area contributed by atoms with Crippen LogP contribution >= 0.6 is 27.3 Å². The fraction of sp³-hybridized carbons (Fsp3) is 0.375. The molecule has 72 valence electrons. The first-order chi connectivity index (χ1) is 6.13.